The lowest BCUT2D eigenvalue weighted by Crippen LogP contribution is -2.11. The number of benzene rings is 2. The van der Waals surface area contributed by atoms with Gasteiger partial charge in [-0.25, -0.2) is 0 Å². The van der Waals surface area contributed by atoms with Crippen LogP contribution in [0.25, 0.3) is 6.08 Å². The Hall–Kier alpha value is -2.61. The Labute approximate surface area is 150 Å². The first-order valence-electron chi connectivity index (χ1n) is 9.07. The quantitative estimate of drug-likeness (QED) is 0.486. The largest absolute Gasteiger partial charge is 0.494 e. The van der Waals surface area contributed by atoms with E-state index in [1.807, 2.05) is 18.2 Å². The Balaban J connectivity index is 1.67. The average Bonchev–Trinajstić information content (AvgIpc) is 2.66. The molecule has 2 aromatic carbocycles. The molecule has 2 nitrogen and oxygen atoms in total. The normalized spacial score (nSPS) is 13.9. The standard InChI is InChI=1S/C23H25NO/c1-2-3-17-25-21-13-14-22-20(18-21)15-16-24-23(22)12-8-7-11-19-9-5-4-6-10-19/h4-14,18H,2-3,15-17H2,1H3. The third-order valence-corrected chi connectivity index (χ3v) is 4.24. The van der Waals surface area contributed by atoms with Gasteiger partial charge in [0.25, 0.3) is 0 Å². The molecule has 3 rings (SSSR count). The van der Waals surface area contributed by atoms with Crippen molar-refractivity contribution in [3.05, 3.63) is 83.4 Å². The van der Waals surface area contributed by atoms with Gasteiger partial charge in [0.1, 0.15) is 5.75 Å². The van der Waals surface area contributed by atoms with Gasteiger partial charge < -0.3 is 4.74 Å². The highest BCUT2D eigenvalue weighted by molar-refractivity contribution is 6.10. The molecule has 128 valence electrons. The zero-order valence-electron chi connectivity index (χ0n) is 14.8. The second-order valence-electron chi connectivity index (χ2n) is 6.17. The first-order valence-corrected chi connectivity index (χ1v) is 9.07. The number of nitrogens with zero attached hydrogens (tertiary/aromatic N) is 1. The summed E-state index contributed by atoms with van der Waals surface area (Å²) in [6.45, 7) is 3.81. The number of hydrogen-bond acceptors (Lipinski definition) is 2. The number of hydrogen-bond donors (Lipinski definition) is 0. The topological polar surface area (TPSA) is 21.6 Å². The van der Waals surface area contributed by atoms with E-state index in [4.69, 9.17) is 4.74 Å². The lowest BCUT2D eigenvalue weighted by Gasteiger charge is -2.16. The van der Waals surface area contributed by atoms with Gasteiger partial charge in [-0.3, -0.25) is 4.99 Å². The molecule has 1 aliphatic heterocycles. The summed E-state index contributed by atoms with van der Waals surface area (Å²) >= 11 is 0. The monoisotopic (exact) mass is 331 g/mol. The van der Waals surface area contributed by atoms with E-state index >= 15 is 0 Å². The van der Waals surface area contributed by atoms with Crippen molar-refractivity contribution in [2.24, 2.45) is 4.99 Å². The van der Waals surface area contributed by atoms with Crippen molar-refractivity contribution in [2.45, 2.75) is 26.2 Å². The van der Waals surface area contributed by atoms with Crippen LogP contribution in [0.1, 0.15) is 36.5 Å². The summed E-state index contributed by atoms with van der Waals surface area (Å²) in [5, 5.41) is 0. The van der Waals surface area contributed by atoms with Crippen LogP contribution < -0.4 is 4.74 Å². The maximum Gasteiger partial charge on any atom is 0.119 e. The van der Waals surface area contributed by atoms with Crippen LogP contribution in [0.15, 0.2) is 71.8 Å². The summed E-state index contributed by atoms with van der Waals surface area (Å²) < 4.78 is 5.83. The van der Waals surface area contributed by atoms with Gasteiger partial charge in [-0.05, 0) is 48.2 Å². The number of aliphatic imine (C=N–C) groups is 1. The molecule has 0 fully saturated rings. The SMILES string of the molecule is CCCCOc1ccc2c(c1)CCN=C2C=CC=Cc1ccccc1. The highest BCUT2D eigenvalue weighted by Gasteiger charge is 2.12. The van der Waals surface area contributed by atoms with E-state index in [2.05, 4.69) is 66.6 Å². The predicted molar refractivity (Wildman–Crippen MR) is 107 cm³/mol. The molecule has 0 aliphatic carbocycles. The van der Waals surface area contributed by atoms with Crippen LogP contribution in [0.2, 0.25) is 0 Å². The van der Waals surface area contributed by atoms with Gasteiger partial charge in [0, 0.05) is 12.1 Å². The maximum absolute atomic E-state index is 5.83. The molecular formula is C23H25NO. The third-order valence-electron chi connectivity index (χ3n) is 4.24. The summed E-state index contributed by atoms with van der Waals surface area (Å²) in [5.74, 6) is 0.974. The summed E-state index contributed by atoms with van der Waals surface area (Å²) in [6, 6.07) is 16.7. The molecule has 1 heterocycles. The van der Waals surface area contributed by atoms with Crippen LogP contribution in [-0.2, 0) is 6.42 Å². The van der Waals surface area contributed by atoms with E-state index in [9.17, 15) is 0 Å². The molecular weight excluding hydrogens is 306 g/mol. The Morgan fingerprint density at radius 3 is 2.72 bits per heavy atom. The van der Waals surface area contributed by atoms with Crippen LogP contribution in [-0.4, -0.2) is 18.9 Å². The molecule has 0 N–H and O–H groups in total. The van der Waals surface area contributed by atoms with Crippen molar-refractivity contribution in [2.75, 3.05) is 13.2 Å². The zero-order valence-corrected chi connectivity index (χ0v) is 14.8. The van der Waals surface area contributed by atoms with Gasteiger partial charge in [0.05, 0.1) is 12.3 Å². The molecule has 1 aliphatic rings. The predicted octanol–water partition coefficient (Wildman–Crippen LogP) is 5.48. The van der Waals surface area contributed by atoms with Crippen LogP contribution in [0.5, 0.6) is 5.75 Å². The summed E-state index contributed by atoms with van der Waals surface area (Å²) in [6.07, 6.45) is 11.6. The lowest BCUT2D eigenvalue weighted by molar-refractivity contribution is 0.309. The van der Waals surface area contributed by atoms with Crippen LogP contribution in [0, 0.1) is 0 Å². The fourth-order valence-electron chi connectivity index (χ4n) is 2.85. The second-order valence-corrected chi connectivity index (χ2v) is 6.17. The van der Waals surface area contributed by atoms with Gasteiger partial charge in [0.2, 0.25) is 0 Å². The van der Waals surface area contributed by atoms with Gasteiger partial charge in [-0.1, -0.05) is 61.9 Å². The minimum absolute atomic E-state index is 0.792. The van der Waals surface area contributed by atoms with Crippen LogP contribution in [0.3, 0.4) is 0 Å². The number of rotatable bonds is 7. The van der Waals surface area contributed by atoms with E-state index in [1.165, 1.54) is 16.7 Å². The zero-order chi connectivity index (χ0) is 17.3. The Morgan fingerprint density at radius 2 is 1.88 bits per heavy atom. The molecule has 0 unspecified atom stereocenters. The minimum atomic E-state index is 0.792. The highest BCUT2D eigenvalue weighted by Crippen LogP contribution is 2.23. The van der Waals surface area contributed by atoms with Gasteiger partial charge in [-0.15, -0.1) is 0 Å². The van der Waals surface area contributed by atoms with Crippen molar-refractivity contribution < 1.29 is 4.74 Å². The van der Waals surface area contributed by atoms with E-state index < -0.39 is 0 Å². The Kier molecular flexibility index (Phi) is 6.22. The smallest absolute Gasteiger partial charge is 0.119 e. The Morgan fingerprint density at radius 1 is 1.04 bits per heavy atom. The first kappa shape index (κ1) is 17.2. The summed E-state index contributed by atoms with van der Waals surface area (Å²) in [5.41, 5.74) is 4.81. The molecule has 0 radical (unpaired) electrons. The molecule has 0 bridgehead atoms. The van der Waals surface area contributed by atoms with E-state index in [-0.39, 0.29) is 0 Å². The molecule has 2 aromatic rings. The van der Waals surface area contributed by atoms with E-state index in [0.717, 1.165) is 43.9 Å². The molecule has 0 saturated carbocycles. The average molecular weight is 331 g/mol. The van der Waals surface area contributed by atoms with Crippen molar-refractivity contribution >= 4 is 11.8 Å². The molecule has 0 amide bonds. The summed E-state index contributed by atoms with van der Waals surface area (Å²) in [7, 11) is 0. The number of fused-ring (bicyclic) bond motifs is 1. The van der Waals surface area contributed by atoms with Crippen molar-refractivity contribution in [1.82, 2.24) is 0 Å². The second kappa shape index (κ2) is 9.03. The molecule has 0 aromatic heterocycles. The summed E-state index contributed by atoms with van der Waals surface area (Å²) in [4.78, 5) is 4.68. The molecule has 2 heteroatoms. The van der Waals surface area contributed by atoms with Gasteiger partial charge >= 0.3 is 0 Å². The van der Waals surface area contributed by atoms with E-state index in [0.29, 0.717) is 0 Å². The van der Waals surface area contributed by atoms with Crippen molar-refractivity contribution in [3.63, 3.8) is 0 Å². The number of allylic oxidation sites excluding steroid dienone is 3. The lowest BCUT2D eigenvalue weighted by atomic mass is 9.97. The van der Waals surface area contributed by atoms with Crippen molar-refractivity contribution in [3.8, 4) is 5.75 Å². The molecule has 0 atom stereocenters. The molecule has 0 spiro atoms. The highest BCUT2D eigenvalue weighted by atomic mass is 16.5. The number of unbranched alkanes of at least 4 members (excludes halogenated alkanes) is 1. The number of ether oxygens (including phenoxy) is 1. The van der Waals surface area contributed by atoms with E-state index in [1.54, 1.807) is 0 Å². The van der Waals surface area contributed by atoms with Crippen LogP contribution >= 0.6 is 0 Å². The van der Waals surface area contributed by atoms with Crippen molar-refractivity contribution in [1.29, 1.82) is 0 Å². The fraction of sp³-hybridized carbons (Fsp3) is 0.261. The van der Waals surface area contributed by atoms with Gasteiger partial charge in [-0.2, -0.15) is 0 Å². The third kappa shape index (κ3) is 4.93. The van der Waals surface area contributed by atoms with Gasteiger partial charge in [0.15, 0.2) is 0 Å². The molecule has 25 heavy (non-hydrogen) atoms. The fourth-order valence-corrected chi connectivity index (χ4v) is 2.85. The Bertz CT molecular complexity index is 772. The van der Waals surface area contributed by atoms with Crippen LogP contribution in [0.4, 0.5) is 0 Å². The first-order chi connectivity index (χ1) is 12.4. The maximum atomic E-state index is 5.83. The minimum Gasteiger partial charge on any atom is -0.494 e. The molecule has 0 saturated heterocycles.